The van der Waals surface area contributed by atoms with Gasteiger partial charge in [-0.1, -0.05) is 25.7 Å². The normalized spacial score (nSPS) is 11.1. The van der Waals surface area contributed by atoms with Gasteiger partial charge in [0.1, 0.15) is 0 Å². The molecule has 1 heteroatoms. The molecule has 0 atom stereocenters. The fourth-order valence-electron chi connectivity index (χ4n) is 0.737. The van der Waals surface area contributed by atoms with Crippen molar-refractivity contribution in [3.8, 4) is 11.8 Å². The summed E-state index contributed by atoms with van der Waals surface area (Å²) in [5, 5.41) is 0. The van der Waals surface area contributed by atoms with Gasteiger partial charge in [-0.25, -0.2) is 0 Å². The average molecular weight is 154 g/mol. The molecular formula is C10H18O. The van der Waals surface area contributed by atoms with Crippen molar-refractivity contribution in [2.24, 2.45) is 11.3 Å². The summed E-state index contributed by atoms with van der Waals surface area (Å²) in [4.78, 5) is 0. The molecular weight excluding hydrogens is 136 g/mol. The second-order valence-corrected chi connectivity index (χ2v) is 3.74. The second-order valence-electron chi connectivity index (χ2n) is 3.74. The third kappa shape index (κ3) is 5.94. The van der Waals surface area contributed by atoms with Gasteiger partial charge in [0.2, 0.25) is 0 Å². The summed E-state index contributed by atoms with van der Waals surface area (Å²) in [7, 11) is 1.71. The van der Waals surface area contributed by atoms with E-state index in [1.54, 1.807) is 7.11 Å². The molecule has 0 bridgehead atoms. The molecule has 0 fully saturated rings. The lowest BCUT2D eigenvalue weighted by atomic mass is 9.95. The highest BCUT2D eigenvalue weighted by molar-refractivity contribution is 5.10. The maximum Gasteiger partial charge on any atom is 0.0622 e. The van der Waals surface area contributed by atoms with Gasteiger partial charge in [0.05, 0.1) is 6.61 Å². The van der Waals surface area contributed by atoms with Gasteiger partial charge in [0.25, 0.3) is 0 Å². The van der Waals surface area contributed by atoms with Crippen LogP contribution in [-0.2, 0) is 4.74 Å². The lowest BCUT2D eigenvalue weighted by Gasteiger charge is -2.15. The molecule has 0 aromatic rings. The van der Waals surface area contributed by atoms with Crippen LogP contribution in [0.1, 0.15) is 27.7 Å². The molecule has 0 rings (SSSR count). The zero-order valence-electron chi connectivity index (χ0n) is 8.19. The highest BCUT2D eigenvalue weighted by Crippen LogP contribution is 2.13. The van der Waals surface area contributed by atoms with E-state index in [2.05, 4.69) is 39.5 Å². The Balaban J connectivity index is 4.02. The minimum Gasteiger partial charge on any atom is -0.383 e. The van der Waals surface area contributed by atoms with Crippen LogP contribution in [0.25, 0.3) is 0 Å². The minimum absolute atomic E-state index is 0.000972. The Morgan fingerprint density at radius 3 is 2.27 bits per heavy atom. The number of methoxy groups -OCH3 is 1. The van der Waals surface area contributed by atoms with Crippen molar-refractivity contribution >= 4 is 0 Å². The Labute approximate surface area is 70.1 Å². The first-order chi connectivity index (χ1) is 4.98. The van der Waals surface area contributed by atoms with Crippen molar-refractivity contribution in [1.82, 2.24) is 0 Å². The number of ether oxygens (including phenoxy) is 1. The summed E-state index contributed by atoms with van der Waals surface area (Å²) >= 11 is 0. The Bertz CT molecular complexity index is 157. The highest BCUT2D eigenvalue weighted by Gasteiger charge is 2.12. The molecule has 11 heavy (non-hydrogen) atoms. The van der Waals surface area contributed by atoms with Crippen LogP contribution >= 0.6 is 0 Å². The summed E-state index contributed by atoms with van der Waals surface area (Å²) in [5.74, 6) is 6.78. The predicted octanol–water partition coefficient (Wildman–Crippen LogP) is 2.32. The summed E-state index contributed by atoms with van der Waals surface area (Å²) in [6, 6.07) is 0. The van der Waals surface area contributed by atoms with E-state index >= 15 is 0 Å². The van der Waals surface area contributed by atoms with Crippen LogP contribution in [0.3, 0.4) is 0 Å². The average Bonchev–Trinajstić information content (AvgIpc) is 1.84. The predicted molar refractivity (Wildman–Crippen MR) is 48.3 cm³/mol. The van der Waals surface area contributed by atoms with Gasteiger partial charge < -0.3 is 4.74 Å². The van der Waals surface area contributed by atoms with Crippen molar-refractivity contribution in [2.75, 3.05) is 13.7 Å². The van der Waals surface area contributed by atoms with Gasteiger partial charge in [-0.3, -0.25) is 0 Å². The van der Waals surface area contributed by atoms with E-state index in [9.17, 15) is 0 Å². The van der Waals surface area contributed by atoms with E-state index < -0.39 is 0 Å². The van der Waals surface area contributed by atoms with Crippen LogP contribution in [0.2, 0.25) is 0 Å². The number of hydrogen-bond acceptors (Lipinski definition) is 1. The van der Waals surface area contributed by atoms with Crippen LogP contribution in [-0.4, -0.2) is 13.7 Å². The standard InChI is InChI=1S/C10H18O/c1-9(2)6-7-10(3,4)8-11-5/h9H,8H2,1-5H3. The molecule has 0 aliphatic heterocycles. The summed E-state index contributed by atoms with van der Waals surface area (Å²) in [6.45, 7) is 9.07. The van der Waals surface area contributed by atoms with Crippen LogP contribution in [0.5, 0.6) is 0 Å². The zero-order chi connectivity index (χ0) is 8.91. The largest absolute Gasteiger partial charge is 0.383 e. The SMILES string of the molecule is COCC(C)(C)C#CC(C)C. The van der Waals surface area contributed by atoms with Crippen LogP contribution < -0.4 is 0 Å². The van der Waals surface area contributed by atoms with Crippen LogP contribution in [0.15, 0.2) is 0 Å². The van der Waals surface area contributed by atoms with Crippen LogP contribution in [0.4, 0.5) is 0 Å². The molecule has 0 heterocycles. The third-order valence-corrected chi connectivity index (χ3v) is 1.20. The van der Waals surface area contributed by atoms with Gasteiger partial charge in [0, 0.05) is 18.4 Å². The zero-order valence-corrected chi connectivity index (χ0v) is 8.19. The van der Waals surface area contributed by atoms with Gasteiger partial charge >= 0.3 is 0 Å². The molecule has 0 spiro atoms. The van der Waals surface area contributed by atoms with Crippen molar-refractivity contribution in [3.63, 3.8) is 0 Å². The molecule has 0 amide bonds. The van der Waals surface area contributed by atoms with Gasteiger partial charge in [-0.05, 0) is 13.8 Å². The molecule has 0 saturated carbocycles. The van der Waals surface area contributed by atoms with Gasteiger partial charge in [0.15, 0.2) is 0 Å². The monoisotopic (exact) mass is 154 g/mol. The Hall–Kier alpha value is -0.480. The summed E-state index contributed by atoms with van der Waals surface area (Å²) < 4.78 is 5.04. The molecule has 64 valence electrons. The lowest BCUT2D eigenvalue weighted by Crippen LogP contribution is -2.15. The van der Waals surface area contributed by atoms with Crippen LogP contribution in [0, 0.1) is 23.2 Å². The fourth-order valence-corrected chi connectivity index (χ4v) is 0.737. The Kier molecular flexibility index (Phi) is 4.22. The van der Waals surface area contributed by atoms with Crippen molar-refractivity contribution in [2.45, 2.75) is 27.7 Å². The first kappa shape index (κ1) is 10.5. The van der Waals surface area contributed by atoms with E-state index in [0.717, 1.165) is 0 Å². The lowest BCUT2D eigenvalue weighted by molar-refractivity contribution is 0.137. The molecule has 0 aromatic heterocycles. The molecule has 0 N–H and O–H groups in total. The van der Waals surface area contributed by atoms with Crippen molar-refractivity contribution in [1.29, 1.82) is 0 Å². The van der Waals surface area contributed by atoms with Gasteiger partial charge in [-0.15, -0.1) is 0 Å². The fraction of sp³-hybridized carbons (Fsp3) is 0.800. The maximum absolute atomic E-state index is 5.04. The molecule has 0 aromatic carbocycles. The molecule has 0 aliphatic rings. The number of hydrogen-bond donors (Lipinski definition) is 0. The van der Waals surface area contributed by atoms with Crippen molar-refractivity contribution < 1.29 is 4.74 Å². The summed E-state index contributed by atoms with van der Waals surface area (Å²) in [6.07, 6.45) is 0. The molecule has 0 saturated heterocycles. The second kappa shape index (κ2) is 4.41. The van der Waals surface area contributed by atoms with E-state index in [-0.39, 0.29) is 5.41 Å². The quantitative estimate of drug-likeness (QED) is 0.555. The Morgan fingerprint density at radius 1 is 1.36 bits per heavy atom. The first-order valence-electron chi connectivity index (χ1n) is 3.99. The summed E-state index contributed by atoms with van der Waals surface area (Å²) in [5.41, 5.74) is -0.000972. The topological polar surface area (TPSA) is 9.23 Å². The number of rotatable bonds is 2. The van der Waals surface area contributed by atoms with E-state index in [1.165, 1.54) is 0 Å². The van der Waals surface area contributed by atoms with Gasteiger partial charge in [-0.2, -0.15) is 0 Å². The third-order valence-electron chi connectivity index (χ3n) is 1.20. The smallest absolute Gasteiger partial charge is 0.0622 e. The van der Waals surface area contributed by atoms with E-state index in [4.69, 9.17) is 4.74 Å². The maximum atomic E-state index is 5.04. The first-order valence-corrected chi connectivity index (χ1v) is 3.99. The minimum atomic E-state index is -0.000972. The molecule has 0 aliphatic carbocycles. The van der Waals surface area contributed by atoms with E-state index in [0.29, 0.717) is 12.5 Å². The van der Waals surface area contributed by atoms with Crippen molar-refractivity contribution in [3.05, 3.63) is 0 Å². The molecule has 1 nitrogen and oxygen atoms in total. The molecule has 0 unspecified atom stereocenters. The Morgan fingerprint density at radius 2 is 1.91 bits per heavy atom. The molecule has 0 radical (unpaired) electrons. The highest BCUT2D eigenvalue weighted by atomic mass is 16.5. The van der Waals surface area contributed by atoms with E-state index in [1.807, 2.05) is 0 Å².